The van der Waals surface area contributed by atoms with Crippen LogP contribution in [0.25, 0.3) is 0 Å². The molecule has 0 aliphatic rings. The van der Waals surface area contributed by atoms with Gasteiger partial charge in [-0.1, -0.05) is 30.3 Å². The minimum atomic E-state index is -1.52. The van der Waals surface area contributed by atoms with Crippen molar-refractivity contribution >= 4 is 29.7 Å². The van der Waals surface area contributed by atoms with E-state index in [9.17, 15) is 34.2 Å². The largest absolute Gasteiger partial charge is 0.481 e. The van der Waals surface area contributed by atoms with Gasteiger partial charge in [0.2, 0.25) is 17.7 Å². The molecule has 1 heterocycles. The van der Waals surface area contributed by atoms with Crippen LogP contribution in [0.4, 0.5) is 0 Å². The van der Waals surface area contributed by atoms with Gasteiger partial charge in [-0.15, -0.1) is 0 Å². The molecule has 0 aliphatic heterocycles. The first-order valence-electron chi connectivity index (χ1n) is 11.8. The van der Waals surface area contributed by atoms with Crippen molar-refractivity contribution in [3.8, 4) is 0 Å². The Balaban J connectivity index is 2.19. The van der Waals surface area contributed by atoms with E-state index in [2.05, 4.69) is 25.9 Å². The monoisotopic (exact) mass is 532 g/mol. The second-order valence-electron chi connectivity index (χ2n) is 8.70. The van der Waals surface area contributed by atoms with Crippen LogP contribution in [-0.4, -0.2) is 85.2 Å². The summed E-state index contributed by atoms with van der Waals surface area (Å²) in [5.74, 6) is -5.04. The Hall–Kier alpha value is -4.30. The number of benzene rings is 1. The summed E-state index contributed by atoms with van der Waals surface area (Å²) in [4.78, 5) is 67.7. The molecule has 14 nitrogen and oxygen atoms in total. The molecule has 2 aromatic rings. The highest BCUT2D eigenvalue weighted by molar-refractivity contribution is 5.94. The van der Waals surface area contributed by atoms with E-state index in [1.54, 1.807) is 30.3 Å². The smallest absolute Gasteiger partial charge is 0.326 e. The van der Waals surface area contributed by atoms with Gasteiger partial charge < -0.3 is 42.0 Å². The first-order chi connectivity index (χ1) is 18.0. The molecule has 14 heteroatoms. The van der Waals surface area contributed by atoms with E-state index >= 15 is 0 Å². The Labute approximate surface area is 218 Å². The normalized spacial score (nSPS) is 14.8. The van der Waals surface area contributed by atoms with Gasteiger partial charge in [-0.05, 0) is 18.9 Å². The van der Waals surface area contributed by atoms with E-state index in [1.807, 2.05) is 0 Å². The van der Waals surface area contributed by atoms with E-state index in [0.717, 1.165) is 0 Å². The van der Waals surface area contributed by atoms with Crippen molar-refractivity contribution in [2.45, 2.75) is 62.9 Å². The Morgan fingerprint density at radius 2 is 1.61 bits per heavy atom. The van der Waals surface area contributed by atoms with Crippen LogP contribution in [0.15, 0.2) is 42.9 Å². The summed E-state index contributed by atoms with van der Waals surface area (Å²) < 4.78 is 0. The third kappa shape index (κ3) is 9.63. The number of nitrogens with zero attached hydrogens (tertiary/aromatic N) is 1. The standard InChI is InChI=1S/C24H32N6O8/c1-13(31)20(30-21(34)16(25)7-8-19(32)33)23(36)28-17(9-14-5-3-2-4-6-14)22(35)29-18(24(37)38)10-15-11-26-12-27-15/h2-6,11-13,16-18,20,31H,7-10,25H2,1H3,(H,26,27)(H,28,36)(H,29,35)(H,30,34)(H,32,33)(H,37,38). The fourth-order valence-corrected chi connectivity index (χ4v) is 3.48. The van der Waals surface area contributed by atoms with Crippen LogP contribution in [0.1, 0.15) is 31.0 Å². The van der Waals surface area contributed by atoms with Crippen LogP contribution in [0.2, 0.25) is 0 Å². The number of aromatic nitrogens is 2. The molecule has 0 bridgehead atoms. The Bertz CT molecular complexity index is 1090. The van der Waals surface area contributed by atoms with Gasteiger partial charge in [-0.3, -0.25) is 19.2 Å². The van der Waals surface area contributed by atoms with Gasteiger partial charge in [0.05, 0.1) is 18.5 Å². The third-order valence-electron chi connectivity index (χ3n) is 5.58. The molecule has 9 N–H and O–H groups in total. The van der Waals surface area contributed by atoms with Crippen molar-refractivity contribution in [2.24, 2.45) is 5.73 Å². The molecule has 2 rings (SSSR count). The lowest BCUT2D eigenvalue weighted by molar-refractivity contribution is -0.142. The number of H-pyrrole nitrogens is 1. The van der Waals surface area contributed by atoms with Gasteiger partial charge in [0, 0.05) is 31.2 Å². The molecule has 1 aromatic carbocycles. The molecule has 0 saturated carbocycles. The average Bonchev–Trinajstić information content (AvgIpc) is 3.38. The third-order valence-corrected chi connectivity index (χ3v) is 5.58. The molecule has 5 atom stereocenters. The summed E-state index contributed by atoms with van der Waals surface area (Å²) in [6.45, 7) is 1.24. The minimum absolute atomic E-state index is 0.0204. The predicted molar refractivity (Wildman–Crippen MR) is 132 cm³/mol. The van der Waals surface area contributed by atoms with Gasteiger partial charge >= 0.3 is 11.9 Å². The van der Waals surface area contributed by atoms with Gasteiger partial charge in [0.25, 0.3) is 0 Å². The van der Waals surface area contributed by atoms with Crippen LogP contribution in [0.3, 0.4) is 0 Å². The zero-order chi connectivity index (χ0) is 28.2. The molecule has 0 radical (unpaired) electrons. The van der Waals surface area contributed by atoms with Crippen LogP contribution in [0, 0.1) is 0 Å². The number of carbonyl (C=O) groups is 5. The first kappa shape index (κ1) is 29.9. The zero-order valence-corrected chi connectivity index (χ0v) is 20.7. The van der Waals surface area contributed by atoms with Crippen molar-refractivity contribution < 1.29 is 39.3 Å². The zero-order valence-electron chi connectivity index (χ0n) is 20.7. The van der Waals surface area contributed by atoms with E-state index in [4.69, 9.17) is 10.8 Å². The average molecular weight is 533 g/mol. The van der Waals surface area contributed by atoms with E-state index < -0.39 is 59.9 Å². The lowest BCUT2D eigenvalue weighted by atomic mass is 10.0. The summed E-state index contributed by atoms with van der Waals surface area (Å²) in [7, 11) is 0. The summed E-state index contributed by atoms with van der Waals surface area (Å²) in [6, 6.07) is 3.25. The van der Waals surface area contributed by atoms with Gasteiger partial charge in [0.15, 0.2) is 0 Å². The number of aliphatic carboxylic acids is 2. The van der Waals surface area contributed by atoms with Crippen LogP contribution in [0.5, 0.6) is 0 Å². The molecule has 38 heavy (non-hydrogen) atoms. The second kappa shape index (κ2) is 14.4. The summed E-state index contributed by atoms with van der Waals surface area (Å²) in [6.07, 6.45) is 0.707. The number of aliphatic hydroxyl groups excluding tert-OH is 1. The number of carboxylic acid groups (broad SMARTS) is 2. The van der Waals surface area contributed by atoms with Crippen LogP contribution >= 0.6 is 0 Å². The number of rotatable bonds is 15. The van der Waals surface area contributed by atoms with Crippen molar-refractivity contribution in [1.82, 2.24) is 25.9 Å². The number of hydrogen-bond donors (Lipinski definition) is 8. The number of aromatic amines is 1. The van der Waals surface area contributed by atoms with Gasteiger partial charge in [0.1, 0.15) is 18.1 Å². The number of nitrogens with one attached hydrogen (secondary N) is 4. The molecular formula is C24H32N6O8. The Morgan fingerprint density at radius 1 is 0.947 bits per heavy atom. The quantitative estimate of drug-likeness (QED) is 0.129. The summed E-state index contributed by atoms with van der Waals surface area (Å²) >= 11 is 0. The van der Waals surface area contributed by atoms with Gasteiger partial charge in [-0.2, -0.15) is 0 Å². The van der Waals surface area contributed by atoms with Crippen molar-refractivity contribution in [3.05, 3.63) is 54.1 Å². The molecular weight excluding hydrogens is 500 g/mol. The van der Waals surface area contributed by atoms with Crippen molar-refractivity contribution in [1.29, 1.82) is 0 Å². The Kier molecular flexibility index (Phi) is 11.4. The number of carboxylic acids is 2. The molecule has 3 amide bonds. The molecule has 0 aliphatic carbocycles. The summed E-state index contributed by atoms with van der Waals surface area (Å²) in [5.41, 5.74) is 6.81. The SMILES string of the molecule is CC(O)C(NC(=O)C(N)CCC(=O)O)C(=O)NC(Cc1ccccc1)C(=O)NC(Cc1cnc[nH]1)C(=O)O. The lowest BCUT2D eigenvalue weighted by Gasteiger charge is -2.26. The highest BCUT2D eigenvalue weighted by Gasteiger charge is 2.32. The lowest BCUT2D eigenvalue weighted by Crippen LogP contribution is -2.60. The summed E-state index contributed by atoms with van der Waals surface area (Å²) in [5, 5.41) is 35.7. The topological polar surface area (TPSA) is 237 Å². The van der Waals surface area contributed by atoms with Gasteiger partial charge in [-0.25, -0.2) is 9.78 Å². The Morgan fingerprint density at radius 3 is 2.16 bits per heavy atom. The van der Waals surface area contributed by atoms with E-state index in [1.165, 1.54) is 19.4 Å². The molecule has 0 spiro atoms. The maximum absolute atomic E-state index is 13.2. The van der Waals surface area contributed by atoms with Crippen molar-refractivity contribution in [3.63, 3.8) is 0 Å². The molecule has 0 fully saturated rings. The first-order valence-corrected chi connectivity index (χ1v) is 11.8. The number of nitrogens with two attached hydrogens (primary N) is 1. The fraction of sp³-hybridized carbons (Fsp3) is 0.417. The molecule has 1 aromatic heterocycles. The van der Waals surface area contributed by atoms with Crippen LogP contribution < -0.4 is 21.7 Å². The number of carbonyl (C=O) groups excluding carboxylic acids is 3. The molecule has 5 unspecified atom stereocenters. The molecule has 206 valence electrons. The number of imidazole rings is 1. The number of hydrogen-bond acceptors (Lipinski definition) is 8. The molecule has 0 saturated heterocycles. The van der Waals surface area contributed by atoms with Crippen molar-refractivity contribution in [2.75, 3.05) is 0 Å². The highest BCUT2D eigenvalue weighted by Crippen LogP contribution is 2.07. The van der Waals surface area contributed by atoms with Crippen LogP contribution in [-0.2, 0) is 36.8 Å². The van der Waals surface area contributed by atoms with E-state index in [0.29, 0.717) is 11.3 Å². The predicted octanol–water partition coefficient (Wildman–Crippen LogP) is -1.69. The maximum Gasteiger partial charge on any atom is 0.326 e. The van der Waals surface area contributed by atoms with E-state index in [-0.39, 0.29) is 25.7 Å². The highest BCUT2D eigenvalue weighted by atomic mass is 16.4. The minimum Gasteiger partial charge on any atom is -0.481 e. The number of amides is 3. The fourth-order valence-electron chi connectivity index (χ4n) is 3.48. The second-order valence-corrected chi connectivity index (χ2v) is 8.70. The maximum atomic E-state index is 13.2. The number of aliphatic hydroxyl groups is 1.